The van der Waals surface area contributed by atoms with Crippen molar-refractivity contribution in [1.29, 1.82) is 0 Å². The van der Waals surface area contributed by atoms with E-state index in [4.69, 9.17) is 4.74 Å². The molecular weight excluding hydrogens is 343 g/mol. The lowest BCUT2D eigenvalue weighted by atomic mass is 9.76. The number of ether oxygens (including phenoxy) is 1. The van der Waals surface area contributed by atoms with Crippen molar-refractivity contribution in [3.63, 3.8) is 0 Å². The fourth-order valence-electron chi connectivity index (χ4n) is 4.21. The van der Waals surface area contributed by atoms with E-state index in [0.29, 0.717) is 25.8 Å². The molecule has 2 unspecified atom stereocenters. The highest BCUT2D eigenvalue weighted by molar-refractivity contribution is 5.28. The maximum absolute atomic E-state index is 14.3. The first-order chi connectivity index (χ1) is 12.5. The quantitative estimate of drug-likeness (QED) is 0.849. The Labute approximate surface area is 150 Å². The molecule has 2 bridgehead atoms. The predicted molar refractivity (Wildman–Crippen MR) is 89.8 cm³/mol. The molecule has 2 atom stereocenters. The molecule has 2 saturated heterocycles. The molecule has 0 spiro atoms. The summed E-state index contributed by atoms with van der Waals surface area (Å²) in [4.78, 5) is 2.24. The number of morpholine rings is 1. The lowest BCUT2D eigenvalue weighted by molar-refractivity contribution is -0.150. The summed E-state index contributed by atoms with van der Waals surface area (Å²) in [6.07, 6.45) is 0.326. The third-order valence-corrected chi connectivity index (χ3v) is 5.41. The summed E-state index contributed by atoms with van der Waals surface area (Å²) in [7, 11) is 0. The molecule has 1 N–H and O–H groups in total. The molecule has 0 aliphatic carbocycles. The van der Waals surface area contributed by atoms with Crippen LogP contribution in [-0.2, 0) is 16.9 Å². The van der Waals surface area contributed by atoms with Crippen LogP contribution in [0.2, 0.25) is 0 Å². The summed E-state index contributed by atoms with van der Waals surface area (Å²) >= 11 is 0. The van der Waals surface area contributed by atoms with Gasteiger partial charge < -0.3 is 9.84 Å². The maximum atomic E-state index is 14.3. The number of nitrogens with zero attached hydrogens (tertiary/aromatic N) is 1. The molecule has 2 heterocycles. The monoisotopic (exact) mass is 363 g/mol. The molecule has 2 aromatic rings. The van der Waals surface area contributed by atoms with E-state index in [9.17, 15) is 18.3 Å². The Morgan fingerprint density at radius 2 is 1.69 bits per heavy atom. The van der Waals surface area contributed by atoms with E-state index in [1.165, 1.54) is 0 Å². The third kappa shape index (κ3) is 3.13. The highest BCUT2D eigenvalue weighted by atomic mass is 19.2. The van der Waals surface area contributed by atoms with Gasteiger partial charge in [-0.1, -0.05) is 30.3 Å². The Balaban J connectivity index is 1.63. The van der Waals surface area contributed by atoms with Crippen molar-refractivity contribution in [1.82, 2.24) is 4.90 Å². The van der Waals surface area contributed by atoms with Crippen LogP contribution in [0.5, 0.6) is 0 Å². The van der Waals surface area contributed by atoms with Gasteiger partial charge in [0.25, 0.3) is 0 Å². The van der Waals surface area contributed by atoms with Crippen LogP contribution in [-0.4, -0.2) is 35.3 Å². The fourth-order valence-corrected chi connectivity index (χ4v) is 4.21. The van der Waals surface area contributed by atoms with Gasteiger partial charge in [-0.2, -0.15) is 0 Å². The zero-order chi connectivity index (χ0) is 18.3. The number of aliphatic hydroxyl groups is 1. The van der Waals surface area contributed by atoms with Gasteiger partial charge in [0.2, 0.25) is 0 Å². The zero-order valence-electron chi connectivity index (χ0n) is 14.2. The molecule has 2 aromatic carbocycles. The minimum Gasteiger partial charge on any atom is -0.385 e. The van der Waals surface area contributed by atoms with Crippen molar-refractivity contribution < 1.29 is 23.0 Å². The molecule has 3 nitrogen and oxygen atoms in total. The summed E-state index contributed by atoms with van der Waals surface area (Å²) in [6.45, 7) is 1.48. The Bertz CT molecular complexity index is 785. The Morgan fingerprint density at radius 3 is 2.35 bits per heavy atom. The molecule has 0 amide bonds. The SMILES string of the molecule is OC1(c2cc(F)cc(F)c2F)CC2COCC(C1)N2Cc1ccccc1. The first kappa shape index (κ1) is 17.5. The van der Waals surface area contributed by atoms with Crippen molar-refractivity contribution in [3.05, 3.63) is 71.0 Å². The van der Waals surface area contributed by atoms with Gasteiger partial charge in [-0.15, -0.1) is 0 Å². The van der Waals surface area contributed by atoms with Crippen LogP contribution in [0.25, 0.3) is 0 Å². The summed E-state index contributed by atoms with van der Waals surface area (Å²) in [6, 6.07) is 11.0. The second kappa shape index (κ2) is 6.68. The summed E-state index contributed by atoms with van der Waals surface area (Å²) < 4.78 is 47.2. The van der Waals surface area contributed by atoms with Gasteiger partial charge in [0.1, 0.15) is 5.82 Å². The van der Waals surface area contributed by atoms with Crippen LogP contribution in [0, 0.1) is 17.5 Å². The summed E-state index contributed by atoms with van der Waals surface area (Å²) in [5.74, 6) is -3.34. The van der Waals surface area contributed by atoms with E-state index in [1.807, 2.05) is 30.3 Å². The third-order valence-electron chi connectivity index (χ3n) is 5.41. The van der Waals surface area contributed by atoms with Crippen molar-refractivity contribution in [2.45, 2.75) is 37.1 Å². The molecule has 138 valence electrons. The van der Waals surface area contributed by atoms with E-state index in [2.05, 4.69) is 4.90 Å². The lowest BCUT2D eigenvalue weighted by Crippen LogP contribution is -2.60. The summed E-state index contributed by atoms with van der Waals surface area (Å²) in [5.41, 5.74) is -0.775. The normalized spacial score (nSPS) is 28.9. The van der Waals surface area contributed by atoms with Crippen molar-refractivity contribution in [2.75, 3.05) is 13.2 Å². The number of fused-ring (bicyclic) bond motifs is 2. The minimum absolute atomic E-state index is 0.154. The van der Waals surface area contributed by atoms with E-state index in [1.54, 1.807) is 0 Å². The molecule has 2 aliphatic heterocycles. The molecule has 2 aliphatic rings. The second-order valence-electron chi connectivity index (χ2n) is 7.19. The van der Waals surface area contributed by atoms with Gasteiger partial charge >= 0.3 is 0 Å². The highest BCUT2D eigenvalue weighted by Gasteiger charge is 2.48. The van der Waals surface area contributed by atoms with E-state index < -0.39 is 23.1 Å². The molecule has 26 heavy (non-hydrogen) atoms. The lowest BCUT2D eigenvalue weighted by Gasteiger charge is -2.51. The van der Waals surface area contributed by atoms with Gasteiger partial charge in [0.05, 0.1) is 18.8 Å². The average molecular weight is 363 g/mol. The van der Waals surface area contributed by atoms with Gasteiger partial charge in [0, 0.05) is 30.3 Å². The first-order valence-corrected chi connectivity index (χ1v) is 8.71. The van der Waals surface area contributed by atoms with Crippen LogP contribution in [0.1, 0.15) is 24.0 Å². The second-order valence-corrected chi connectivity index (χ2v) is 7.19. The van der Waals surface area contributed by atoms with Crippen molar-refractivity contribution in [2.24, 2.45) is 0 Å². The number of halogens is 3. The van der Waals surface area contributed by atoms with E-state index >= 15 is 0 Å². The molecule has 0 radical (unpaired) electrons. The van der Waals surface area contributed by atoms with Crippen molar-refractivity contribution in [3.8, 4) is 0 Å². The zero-order valence-corrected chi connectivity index (χ0v) is 14.2. The van der Waals surface area contributed by atoms with Crippen LogP contribution in [0.3, 0.4) is 0 Å². The standard InChI is InChI=1S/C20H20F3NO2/c21-14-6-17(19(23)18(22)7-14)20(25)8-15-11-26-12-16(9-20)24(15)10-13-4-2-1-3-5-13/h1-7,15-16,25H,8-12H2. The van der Waals surface area contributed by atoms with Crippen LogP contribution in [0.15, 0.2) is 42.5 Å². The van der Waals surface area contributed by atoms with Crippen LogP contribution >= 0.6 is 0 Å². The Morgan fingerprint density at radius 1 is 1.04 bits per heavy atom. The Hall–Kier alpha value is -1.89. The number of benzene rings is 2. The molecule has 0 aromatic heterocycles. The van der Waals surface area contributed by atoms with Gasteiger partial charge in [0.15, 0.2) is 11.6 Å². The number of rotatable bonds is 3. The van der Waals surface area contributed by atoms with Crippen LogP contribution < -0.4 is 0 Å². The van der Waals surface area contributed by atoms with Crippen LogP contribution in [0.4, 0.5) is 13.2 Å². The number of piperidine rings is 1. The van der Waals surface area contributed by atoms with Gasteiger partial charge in [-0.05, 0) is 24.5 Å². The topological polar surface area (TPSA) is 32.7 Å². The van der Waals surface area contributed by atoms with Gasteiger partial charge in [-0.3, -0.25) is 4.90 Å². The largest absolute Gasteiger partial charge is 0.385 e. The molecule has 0 saturated carbocycles. The van der Waals surface area contributed by atoms with Gasteiger partial charge in [-0.25, -0.2) is 13.2 Å². The predicted octanol–water partition coefficient (Wildman–Crippen LogP) is 3.35. The van der Waals surface area contributed by atoms with Crippen molar-refractivity contribution >= 4 is 0 Å². The average Bonchev–Trinajstić information content (AvgIpc) is 2.60. The first-order valence-electron chi connectivity index (χ1n) is 8.71. The number of hydrogen-bond donors (Lipinski definition) is 1. The highest BCUT2D eigenvalue weighted by Crippen LogP contribution is 2.43. The smallest absolute Gasteiger partial charge is 0.165 e. The van der Waals surface area contributed by atoms with E-state index in [-0.39, 0.29) is 30.5 Å². The molecule has 4 rings (SSSR count). The molecule has 2 fully saturated rings. The fraction of sp³-hybridized carbons (Fsp3) is 0.400. The maximum Gasteiger partial charge on any atom is 0.165 e. The molecular formula is C20H20F3NO2. The van der Waals surface area contributed by atoms with E-state index in [0.717, 1.165) is 11.6 Å². The minimum atomic E-state index is -1.61. The summed E-state index contributed by atoms with van der Waals surface area (Å²) in [5, 5.41) is 11.1. The Kier molecular flexibility index (Phi) is 4.50. The number of hydrogen-bond acceptors (Lipinski definition) is 3. The molecule has 6 heteroatoms.